The monoisotopic (exact) mass is 425 g/mol. The second-order valence-corrected chi connectivity index (χ2v) is 10.1. The van der Waals surface area contributed by atoms with E-state index in [1.54, 1.807) is 11.8 Å². The van der Waals surface area contributed by atoms with Crippen LogP contribution in [0.15, 0.2) is 23.1 Å². The van der Waals surface area contributed by atoms with Crippen LogP contribution >= 0.6 is 47.2 Å². The van der Waals surface area contributed by atoms with Crippen LogP contribution in [0.25, 0.3) is 0 Å². The molecule has 0 saturated carbocycles. The van der Waals surface area contributed by atoms with Gasteiger partial charge in [-0.15, -0.1) is 0 Å². The van der Waals surface area contributed by atoms with E-state index in [1.165, 1.54) is 22.5 Å². The quantitative estimate of drug-likeness (QED) is 0.690. The molecule has 0 unspecified atom stereocenters. The molecule has 0 aromatic heterocycles. The summed E-state index contributed by atoms with van der Waals surface area (Å²) in [5.41, 5.74) is 0. The van der Waals surface area contributed by atoms with Crippen molar-refractivity contribution >= 4 is 61.5 Å². The predicted molar refractivity (Wildman–Crippen MR) is 103 cm³/mol. The van der Waals surface area contributed by atoms with E-state index < -0.39 is 10.0 Å². The normalized spacial score (nSPS) is 20.8. The lowest BCUT2D eigenvalue weighted by molar-refractivity contribution is 0.142. The van der Waals surface area contributed by atoms with Gasteiger partial charge in [-0.2, -0.15) is 4.31 Å². The third kappa shape index (κ3) is 4.00. The van der Waals surface area contributed by atoms with Crippen LogP contribution in [-0.4, -0.2) is 72.0 Å². The highest BCUT2D eigenvalue weighted by molar-refractivity contribution is 8.23. The van der Waals surface area contributed by atoms with Gasteiger partial charge in [-0.1, -0.05) is 47.2 Å². The van der Waals surface area contributed by atoms with E-state index in [0.29, 0.717) is 31.2 Å². The van der Waals surface area contributed by atoms with Crippen molar-refractivity contribution in [3.8, 4) is 0 Å². The molecule has 0 spiro atoms. The van der Waals surface area contributed by atoms with Gasteiger partial charge in [0.25, 0.3) is 0 Å². The van der Waals surface area contributed by atoms with Gasteiger partial charge in [-0.05, 0) is 18.2 Å². The van der Waals surface area contributed by atoms with Gasteiger partial charge in [0.05, 0.1) is 21.6 Å². The van der Waals surface area contributed by atoms with Crippen LogP contribution in [-0.2, 0) is 10.0 Å². The molecule has 24 heavy (non-hydrogen) atoms. The first kappa shape index (κ1) is 18.7. The fourth-order valence-corrected chi connectivity index (χ4v) is 5.72. The Labute approximate surface area is 161 Å². The van der Waals surface area contributed by atoms with Crippen molar-refractivity contribution in [3.63, 3.8) is 0 Å². The number of rotatable bonds is 4. The van der Waals surface area contributed by atoms with Crippen molar-refractivity contribution in [2.24, 2.45) is 0 Å². The summed E-state index contributed by atoms with van der Waals surface area (Å²) in [7, 11) is -3.54. The number of thiocarbonyl (C=S) groups is 1. The second kappa shape index (κ2) is 7.65. The van der Waals surface area contributed by atoms with Gasteiger partial charge in [0, 0.05) is 38.5 Å². The molecule has 0 bridgehead atoms. The van der Waals surface area contributed by atoms with Gasteiger partial charge < -0.3 is 4.90 Å². The minimum Gasteiger partial charge on any atom is -0.344 e. The Morgan fingerprint density at radius 2 is 1.79 bits per heavy atom. The zero-order valence-electron chi connectivity index (χ0n) is 12.8. The molecule has 2 aliphatic heterocycles. The van der Waals surface area contributed by atoms with Crippen LogP contribution in [0, 0.1) is 0 Å². The van der Waals surface area contributed by atoms with Crippen LogP contribution in [0.1, 0.15) is 0 Å². The van der Waals surface area contributed by atoms with E-state index in [2.05, 4.69) is 9.80 Å². The number of benzene rings is 1. The third-order valence-electron chi connectivity index (χ3n) is 4.08. The molecule has 5 nitrogen and oxygen atoms in total. The summed E-state index contributed by atoms with van der Waals surface area (Å²) in [5.74, 6) is 1.03. The summed E-state index contributed by atoms with van der Waals surface area (Å²) in [6.07, 6.45) is 0. The molecular formula is C14H17Cl2N3O2S3. The molecule has 0 radical (unpaired) electrons. The topological polar surface area (TPSA) is 43.9 Å². The molecule has 2 fully saturated rings. The molecule has 2 aliphatic rings. The number of piperazine rings is 1. The van der Waals surface area contributed by atoms with E-state index in [-0.39, 0.29) is 9.92 Å². The van der Waals surface area contributed by atoms with E-state index in [4.69, 9.17) is 35.4 Å². The Kier molecular flexibility index (Phi) is 5.96. The van der Waals surface area contributed by atoms with Gasteiger partial charge in [0.2, 0.25) is 10.0 Å². The smallest absolute Gasteiger partial charge is 0.243 e. The Morgan fingerprint density at radius 1 is 1.08 bits per heavy atom. The SMILES string of the molecule is O=S(=O)(c1ccc(Cl)c(Cl)c1)N1CCN(CN2CCSC2=S)CC1. The number of nitrogens with zero attached hydrogens (tertiary/aromatic N) is 3. The first-order valence-electron chi connectivity index (χ1n) is 7.47. The molecule has 1 aromatic carbocycles. The summed E-state index contributed by atoms with van der Waals surface area (Å²) < 4.78 is 27.9. The molecule has 10 heteroatoms. The summed E-state index contributed by atoms with van der Waals surface area (Å²) in [5, 5.41) is 0.594. The van der Waals surface area contributed by atoms with Gasteiger partial charge >= 0.3 is 0 Å². The fourth-order valence-electron chi connectivity index (χ4n) is 2.69. The molecule has 1 aromatic rings. The van der Waals surface area contributed by atoms with Gasteiger partial charge in [0.15, 0.2) is 0 Å². The second-order valence-electron chi connectivity index (χ2n) is 5.62. The van der Waals surface area contributed by atoms with Gasteiger partial charge in [-0.25, -0.2) is 8.42 Å². The maximum atomic E-state index is 12.7. The lowest BCUT2D eigenvalue weighted by Gasteiger charge is -2.36. The largest absolute Gasteiger partial charge is 0.344 e. The van der Waals surface area contributed by atoms with Gasteiger partial charge in [-0.3, -0.25) is 4.90 Å². The molecule has 3 rings (SSSR count). The minimum absolute atomic E-state index is 0.183. The first-order chi connectivity index (χ1) is 11.4. The minimum atomic E-state index is -3.54. The van der Waals surface area contributed by atoms with Crippen molar-refractivity contribution in [3.05, 3.63) is 28.2 Å². The van der Waals surface area contributed by atoms with Gasteiger partial charge in [0.1, 0.15) is 4.32 Å². The summed E-state index contributed by atoms with van der Waals surface area (Å²) in [6, 6.07) is 4.42. The molecule has 0 N–H and O–H groups in total. The van der Waals surface area contributed by atoms with Crippen molar-refractivity contribution in [2.75, 3.05) is 45.1 Å². The van der Waals surface area contributed by atoms with E-state index >= 15 is 0 Å². The first-order valence-corrected chi connectivity index (χ1v) is 11.1. The van der Waals surface area contributed by atoms with Crippen LogP contribution in [0.3, 0.4) is 0 Å². The zero-order valence-corrected chi connectivity index (χ0v) is 16.8. The lowest BCUT2D eigenvalue weighted by Crippen LogP contribution is -2.51. The Morgan fingerprint density at radius 3 is 2.38 bits per heavy atom. The number of hydrogen-bond donors (Lipinski definition) is 0. The third-order valence-corrected chi connectivity index (χ3v) is 8.21. The van der Waals surface area contributed by atoms with E-state index in [0.717, 1.165) is 23.3 Å². The number of thioether (sulfide) groups is 1. The van der Waals surface area contributed by atoms with Crippen molar-refractivity contribution in [2.45, 2.75) is 4.90 Å². The fraction of sp³-hybridized carbons (Fsp3) is 0.500. The number of sulfonamides is 1. The highest BCUT2D eigenvalue weighted by atomic mass is 35.5. The van der Waals surface area contributed by atoms with Crippen LogP contribution in [0.2, 0.25) is 10.0 Å². The lowest BCUT2D eigenvalue weighted by atomic mass is 10.4. The molecule has 0 aliphatic carbocycles. The molecule has 132 valence electrons. The van der Waals surface area contributed by atoms with E-state index in [9.17, 15) is 8.42 Å². The summed E-state index contributed by atoms with van der Waals surface area (Å²) >= 11 is 18.8. The molecule has 0 amide bonds. The molecule has 2 heterocycles. The predicted octanol–water partition coefficient (Wildman–Crippen LogP) is 2.59. The molecule has 2 saturated heterocycles. The molecule has 0 atom stereocenters. The average Bonchev–Trinajstić information content (AvgIpc) is 2.95. The number of hydrogen-bond acceptors (Lipinski definition) is 5. The summed E-state index contributed by atoms with van der Waals surface area (Å²) in [6.45, 7) is 4.01. The highest BCUT2D eigenvalue weighted by Crippen LogP contribution is 2.27. The summed E-state index contributed by atoms with van der Waals surface area (Å²) in [4.78, 5) is 4.59. The zero-order chi connectivity index (χ0) is 17.3. The molecular weight excluding hydrogens is 409 g/mol. The Bertz CT molecular complexity index is 737. The Hall–Kier alpha value is -0.0900. The van der Waals surface area contributed by atoms with Crippen molar-refractivity contribution in [1.29, 1.82) is 0 Å². The van der Waals surface area contributed by atoms with Crippen molar-refractivity contribution in [1.82, 2.24) is 14.1 Å². The van der Waals surface area contributed by atoms with Crippen LogP contribution < -0.4 is 0 Å². The number of halogens is 2. The van der Waals surface area contributed by atoms with Crippen molar-refractivity contribution < 1.29 is 8.42 Å². The maximum absolute atomic E-state index is 12.7. The van der Waals surface area contributed by atoms with E-state index in [1.807, 2.05) is 0 Å². The average molecular weight is 426 g/mol. The van der Waals surface area contributed by atoms with Crippen LogP contribution in [0.5, 0.6) is 0 Å². The Balaban J connectivity index is 1.63. The standard InChI is InChI=1S/C14H17Cl2N3O2S3/c15-12-2-1-11(9-13(12)16)24(20,21)19-5-3-17(4-6-19)10-18-7-8-23-14(18)22/h1-2,9H,3-8,10H2. The maximum Gasteiger partial charge on any atom is 0.243 e. The van der Waals surface area contributed by atoms with Crippen LogP contribution in [0.4, 0.5) is 0 Å². The highest BCUT2D eigenvalue weighted by Gasteiger charge is 2.30.